The molecular weight excluding hydrogens is 365 g/mol. The summed E-state index contributed by atoms with van der Waals surface area (Å²) in [5.74, 6) is 0.320. The first-order valence-electron chi connectivity index (χ1n) is 3.67. The summed E-state index contributed by atoms with van der Waals surface area (Å²) in [5, 5.41) is 11.3. The maximum Gasteiger partial charge on any atom is 0.312 e. The normalized spacial score (nSPS) is 9.93. The van der Waals surface area contributed by atoms with Crippen molar-refractivity contribution in [2.75, 3.05) is 7.11 Å². The molecule has 0 heterocycles. The number of nitro groups is 1. The maximum atomic E-state index is 10.7. The monoisotopic (exact) mass is 371 g/mol. The number of methoxy groups -OCH3 is 1. The van der Waals surface area contributed by atoms with Gasteiger partial charge in [0.1, 0.15) is 0 Å². The first kappa shape index (κ1) is 11.7. The summed E-state index contributed by atoms with van der Waals surface area (Å²) in [6.45, 7) is 0. The van der Waals surface area contributed by atoms with E-state index < -0.39 is 4.92 Å². The van der Waals surface area contributed by atoms with Gasteiger partial charge in [-0.2, -0.15) is 0 Å². The molecule has 0 unspecified atom stereocenters. The number of nitrogens with zero attached hydrogens (tertiary/aromatic N) is 1. The highest BCUT2D eigenvalue weighted by Gasteiger charge is 2.18. The molecule has 0 bridgehead atoms. The van der Waals surface area contributed by atoms with E-state index in [1.54, 1.807) is 0 Å². The molecule has 76 valence electrons. The molecule has 1 rings (SSSR count). The van der Waals surface area contributed by atoms with Crippen molar-refractivity contribution in [2.24, 2.45) is 0 Å². The van der Waals surface area contributed by atoms with Gasteiger partial charge in [-0.25, -0.2) is 0 Å². The van der Waals surface area contributed by atoms with E-state index in [9.17, 15) is 10.1 Å². The largest absolute Gasteiger partial charge is 0.489 e. The highest BCUT2D eigenvalue weighted by Crippen LogP contribution is 2.33. The SMILES string of the molecule is COc1c(I)cc(CBr)cc1[N+](=O)[O-]. The van der Waals surface area contributed by atoms with Crippen LogP contribution in [0.1, 0.15) is 5.56 Å². The van der Waals surface area contributed by atoms with Gasteiger partial charge in [-0.05, 0) is 34.2 Å². The Morgan fingerprint density at radius 1 is 1.64 bits per heavy atom. The third-order valence-electron chi connectivity index (χ3n) is 1.64. The molecule has 6 heteroatoms. The van der Waals surface area contributed by atoms with Gasteiger partial charge in [0.15, 0.2) is 0 Å². The number of hydrogen-bond acceptors (Lipinski definition) is 3. The van der Waals surface area contributed by atoms with Gasteiger partial charge in [0, 0.05) is 11.4 Å². The first-order chi connectivity index (χ1) is 6.60. The molecule has 0 spiro atoms. The summed E-state index contributed by atoms with van der Waals surface area (Å²) in [7, 11) is 1.43. The van der Waals surface area contributed by atoms with Gasteiger partial charge >= 0.3 is 5.69 Å². The number of hydrogen-bond donors (Lipinski definition) is 0. The summed E-state index contributed by atoms with van der Waals surface area (Å²) >= 11 is 5.27. The highest BCUT2D eigenvalue weighted by molar-refractivity contribution is 14.1. The van der Waals surface area contributed by atoms with Crippen LogP contribution in [-0.4, -0.2) is 12.0 Å². The summed E-state index contributed by atoms with van der Waals surface area (Å²) in [6.07, 6.45) is 0. The number of benzene rings is 1. The quantitative estimate of drug-likeness (QED) is 0.355. The lowest BCUT2D eigenvalue weighted by atomic mass is 10.2. The van der Waals surface area contributed by atoms with Gasteiger partial charge in [0.05, 0.1) is 15.6 Å². The average molecular weight is 372 g/mol. The minimum atomic E-state index is -0.437. The molecule has 0 radical (unpaired) electrons. The molecule has 14 heavy (non-hydrogen) atoms. The van der Waals surface area contributed by atoms with E-state index in [1.165, 1.54) is 13.2 Å². The van der Waals surface area contributed by atoms with Crippen molar-refractivity contribution in [1.82, 2.24) is 0 Å². The zero-order valence-electron chi connectivity index (χ0n) is 7.29. The van der Waals surface area contributed by atoms with E-state index in [0.29, 0.717) is 11.1 Å². The first-order valence-corrected chi connectivity index (χ1v) is 5.87. The summed E-state index contributed by atoms with van der Waals surface area (Å²) in [5.41, 5.74) is 0.871. The third kappa shape index (κ3) is 2.35. The van der Waals surface area contributed by atoms with Gasteiger partial charge < -0.3 is 4.74 Å². The molecular formula is C8H7BrINO3. The third-order valence-corrected chi connectivity index (χ3v) is 3.09. The minimum absolute atomic E-state index is 0.00819. The molecule has 0 aliphatic heterocycles. The maximum absolute atomic E-state index is 10.7. The van der Waals surface area contributed by atoms with Crippen LogP contribution in [-0.2, 0) is 5.33 Å². The fraction of sp³-hybridized carbons (Fsp3) is 0.250. The summed E-state index contributed by atoms with van der Waals surface area (Å²) in [4.78, 5) is 10.3. The standard InChI is InChI=1S/C8H7BrINO3/c1-14-8-6(10)2-5(4-9)3-7(8)11(12)13/h2-3H,4H2,1H3. The van der Waals surface area contributed by atoms with Crippen LogP contribution in [0.2, 0.25) is 0 Å². The molecule has 0 fully saturated rings. The van der Waals surface area contributed by atoms with Crippen LogP contribution in [0.3, 0.4) is 0 Å². The summed E-state index contributed by atoms with van der Waals surface area (Å²) < 4.78 is 5.72. The second kappa shape index (κ2) is 4.92. The van der Waals surface area contributed by atoms with E-state index >= 15 is 0 Å². The Labute approximate surface area is 103 Å². The summed E-state index contributed by atoms with van der Waals surface area (Å²) in [6, 6.07) is 3.36. The van der Waals surface area contributed by atoms with Gasteiger partial charge in [0.25, 0.3) is 0 Å². The molecule has 0 atom stereocenters. The molecule has 0 amide bonds. The molecule has 0 N–H and O–H groups in total. The lowest BCUT2D eigenvalue weighted by Gasteiger charge is -2.05. The lowest BCUT2D eigenvalue weighted by molar-refractivity contribution is -0.385. The minimum Gasteiger partial charge on any atom is -0.489 e. The number of halogens is 2. The van der Waals surface area contributed by atoms with Crippen LogP contribution in [0.15, 0.2) is 12.1 Å². The van der Waals surface area contributed by atoms with Crippen molar-refractivity contribution >= 4 is 44.2 Å². The zero-order chi connectivity index (χ0) is 10.7. The van der Waals surface area contributed by atoms with Gasteiger partial charge in [-0.3, -0.25) is 10.1 Å². The molecule has 0 aliphatic rings. The molecule has 0 aromatic heterocycles. The van der Waals surface area contributed by atoms with Crippen molar-refractivity contribution in [3.63, 3.8) is 0 Å². The van der Waals surface area contributed by atoms with E-state index in [0.717, 1.165) is 9.13 Å². The lowest BCUT2D eigenvalue weighted by Crippen LogP contribution is -1.97. The molecule has 0 saturated heterocycles. The van der Waals surface area contributed by atoms with Crippen molar-refractivity contribution < 1.29 is 9.66 Å². The number of alkyl halides is 1. The molecule has 4 nitrogen and oxygen atoms in total. The smallest absolute Gasteiger partial charge is 0.312 e. The van der Waals surface area contributed by atoms with Crippen LogP contribution in [0.25, 0.3) is 0 Å². The van der Waals surface area contributed by atoms with Crippen LogP contribution in [0, 0.1) is 13.7 Å². The molecule has 0 saturated carbocycles. The molecule has 0 aliphatic carbocycles. The Bertz CT molecular complexity index is 370. The van der Waals surface area contributed by atoms with Crippen LogP contribution >= 0.6 is 38.5 Å². The fourth-order valence-electron chi connectivity index (χ4n) is 1.05. The van der Waals surface area contributed by atoms with Crippen molar-refractivity contribution in [1.29, 1.82) is 0 Å². The average Bonchev–Trinajstić information content (AvgIpc) is 2.16. The Hall–Kier alpha value is -0.370. The van der Waals surface area contributed by atoms with Crippen LogP contribution in [0.5, 0.6) is 5.75 Å². The van der Waals surface area contributed by atoms with Crippen molar-refractivity contribution in [3.05, 3.63) is 31.4 Å². The topological polar surface area (TPSA) is 52.4 Å². The van der Waals surface area contributed by atoms with Crippen molar-refractivity contribution in [2.45, 2.75) is 5.33 Å². The number of nitro benzene ring substituents is 1. The zero-order valence-corrected chi connectivity index (χ0v) is 11.0. The van der Waals surface area contributed by atoms with Gasteiger partial charge in [0.2, 0.25) is 5.75 Å². The van der Waals surface area contributed by atoms with Gasteiger partial charge in [-0.15, -0.1) is 0 Å². The van der Waals surface area contributed by atoms with E-state index in [4.69, 9.17) is 4.74 Å². The number of ether oxygens (including phenoxy) is 1. The molecule has 1 aromatic carbocycles. The fourth-order valence-corrected chi connectivity index (χ4v) is 2.27. The predicted molar refractivity (Wildman–Crippen MR) is 65.0 cm³/mol. The second-order valence-electron chi connectivity index (χ2n) is 2.52. The van der Waals surface area contributed by atoms with Gasteiger partial charge in [-0.1, -0.05) is 15.9 Å². The van der Waals surface area contributed by atoms with E-state index in [2.05, 4.69) is 15.9 Å². The number of rotatable bonds is 3. The molecule has 1 aromatic rings. The Kier molecular flexibility index (Phi) is 4.11. The Balaban J connectivity index is 3.35. The highest BCUT2D eigenvalue weighted by atomic mass is 127. The second-order valence-corrected chi connectivity index (χ2v) is 4.24. The van der Waals surface area contributed by atoms with Crippen LogP contribution < -0.4 is 4.74 Å². The van der Waals surface area contributed by atoms with Crippen LogP contribution in [0.4, 0.5) is 5.69 Å². The predicted octanol–water partition coefficient (Wildman–Crippen LogP) is 3.10. The van der Waals surface area contributed by atoms with E-state index in [1.807, 2.05) is 28.7 Å². The van der Waals surface area contributed by atoms with E-state index in [-0.39, 0.29) is 5.69 Å². The Morgan fingerprint density at radius 2 is 2.29 bits per heavy atom. The Morgan fingerprint density at radius 3 is 2.71 bits per heavy atom. The van der Waals surface area contributed by atoms with Crippen molar-refractivity contribution in [3.8, 4) is 5.75 Å².